The summed E-state index contributed by atoms with van der Waals surface area (Å²) in [4.78, 5) is 12.9. The van der Waals surface area contributed by atoms with E-state index in [9.17, 15) is 9.18 Å². The first-order valence-electron chi connectivity index (χ1n) is 8.75. The number of halogens is 1. The van der Waals surface area contributed by atoms with E-state index in [1.54, 1.807) is 18.2 Å². The quantitative estimate of drug-likeness (QED) is 0.630. The Morgan fingerprint density at radius 3 is 2.38 bits per heavy atom. The largest absolute Gasteiger partial charge is 0.494 e. The summed E-state index contributed by atoms with van der Waals surface area (Å²) in [5.41, 5.74) is 0.608. The molecule has 0 saturated heterocycles. The summed E-state index contributed by atoms with van der Waals surface area (Å²) in [5.74, 6) is 1.20. The molecule has 0 bridgehead atoms. The maximum absolute atomic E-state index is 13.6. The van der Waals surface area contributed by atoms with Gasteiger partial charge in [0.05, 0.1) is 20.2 Å². The van der Waals surface area contributed by atoms with Crippen molar-refractivity contribution in [1.82, 2.24) is 5.32 Å². The van der Waals surface area contributed by atoms with Gasteiger partial charge in [0.2, 0.25) is 0 Å². The van der Waals surface area contributed by atoms with Crippen LogP contribution < -0.4 is 19.7 Å². The van der Waals surface area contributed by atoms with Gasteiger partial charge >= 0.3 is 0 Å². The molecule has 0 aliphatic heterocycles. The number of amides is 1. The lowest BCUT2D eigenvalue weighted by atomic mass is 10.2. The molecule has 0 fully saturated rings. The number of carbonyl (C=O) groups is 1. The van der Waals surface area contributed by atoms with Crippen LogP contribution in [-0.2, 0) is 11.3 Å². The summed E-state index contributed by atoms with van der Waals surface area (Å²) in [6.45, 7) is 4.09. The SMILES string of the molecule is CCOc1ccc(OCCNC(=O)C[NH+](C)Cc2ccccc2F)cc1. The highest BCUT2D eigenvalue weighted by Gasteiger charge is 2.12. The fraction of sp³-hybridized carbons (Fsp3) is 0.350. The van der Waals surface area contributed by atoms with Crippen LogP contribution in [0.15, 0.2) is 48.5 Å². The monoisotopic (exact) mass is 361 g/mol. The first kappa shape index (κ1) is 19.7. The van der Waals surface area contributed by atoms with E-state index in [4.69, 9.17) is 9.47 Å². The molecular formula is C20H26FN2O3+. The highest BCUT2D eigenvalue weighted by molar-refractivity contribution is 5.76. The van der Waals surface area contributed by atoms with Gasteiger partial charge in [-0.1, -0.05) is 18.2 Å². The molecule has 0 heterocycles. The normalized spacial score (nSPS) is 11.7. The number of carbonyl (C=O) groups excluding carboxylic acids is 1. The van der Waals surface area contributed by atoms with Gasteiger partial charge in [-0.2, -0.15) is 0 Å². The van der Waals surface area contributed by atoms with Crippen molar-refractivity contribution in [2.45, 2.75) is 13.5 Å². The summed E-state index contributed by atoms with van der Waals surface area (Å²) in [6.07, 6.45) is 0. The van der Waals surface area contributed by atoms with Crippen molar-refractivity contribution in [3.05, 3.63) is 59.9 Å². The average Bonchev–Trinajstić information content (AvgIpc) is 2.62. The zero-order valence-corrected chi connectivity index (χ0v) is 15.3. The molecule has 2 aromatic rings. The van der Waals surface area contributed by atoms with E-state index in [2.05, 4.69) is 5.32 Å². The highest BCUT2D eigenvalue weighted by Crippen LogP contribution is 2.17. The van der Waals surface area contributed by atoms with Crippen molar-refractivity contribution in [2.24, 2.45) is 0 Å². The molecule has 0 aromatic heterocycles. The second kappa shape index (κ2) is 10.4. The molecule has 26 heavy (non-hydrogen) atoms. The Bertz CT molecular complexity index is 692. The van der Waals surface area contributed by atoms with Crippen molar-refractivity contribution in [3.8, 4) is 11.5 Å². The van der Waals surface area contributed by atoms with Gasteiger partial charge in [-0.05, 0) is 37.3 Å². The zero-order chi connectivity index (χ0) is 18.8. The van der Waals surface area contributed by atoms with Gasteiger partial charge < -0.3 is 19.7 Å². The van der Waals surface area contributed by atoms with E-state index in [-0.39, 0.29) is 18.3 Å². The van der Waals surface area contributed by atoms with Crippen molar-refractivity contribution >= 4 is 5.91 Å². The number of quaternary nitrogens is 1. The fourth-order valence-corrected chi connectivity index (χ4v) is 2.52. The van der Waals surface area contributed by atoms with Crippen LogP contribution in [0.2, 0.25) is 0 Å². The van der Waals surface area contributed by atoms with E-state index in [1.807, 2.05) is 38.2 Å². The van der Waals surface area contributed by atoms with Gasteiger partial charge in [0.15, 0.2) is 6.54 Å². The molecule has 6 heteroatoms. The molecule has 0 aliphatic rings. The Kier molecular flexibility index (Phi) is 7.89. The van der Waals surface area contributed by atoms with E-state index in [0.717, 1.165) is 16.4 Å². The number of hydrogen-bond acceptors (Lipinski definition) is 3. The predicted molar refractivity (Wildman–Crippen MR) is 98.0 cm³/mol. The van der Waals surface area contributed by atoms with Crippen molar-refractivity contribution < 1.29 is 23.6 Å². The third-order valence-corrected chi connectivity index (χ3v) is 3.74. The summed E-state index contributed by atoms with van der Waals surface area (Å²) in [5, 5.41) is 2.81. The summed E-state index contributed by atoms with van der Waals surface area (Å²) in [6, 6.07) is 14.0. The van der Waals surface area contributed by atoms with Crippen LogP contribution in [0.3, 0.4) is 0 Å². The Hall–Kier alpha value is -2.60. The van der Waals surface area contributed by atoms with Crippen LogP contribution in [0.1, 0.15) is 12.5 Å². The topological polar surface area (TPSA) is 52.0 Å². The van der Waals surface area contributed by atoms with Gasteiger partial charge in [-0.25, -0.2) is 4.39 Å². The number of likely N-dealkylation sites (N-methyl/N-ethyl adjacent to an activating group) is 1. The first-order chi connectivity index (χ1) is 12.6. The molecule has 1 amide bonds. The minimum atomic E-state index is -0.240. The van der Waals surface area contributed by atoms with Gasteiger partial charge in [-0.15, -0.1) is 0 Å². The Balaban J connectivity index is 1.64. The van der Waals surface area contributed by atoms with Gasteiger partial charge in [0.25, 0.3) is 5.91 Å². The zero-order valence-electron chi connectivity index (χ0n) is 15.3. The molecule has 1 unspecified atom stereocenters. The molecule has 1 atom stereocenters. The smallest absolute Gasteiger partial charge is 0.275 e. The molecule has 0 saturated carbocycles. The molecule has 0 spiro atoms. The van der Waals surface area contributed by atoms with Gasteiger partial charge in [0, 0.05) is 5.56 Å². The van der Waals surface area contributed by atoms with Crippen LogP contribution in [0.25, 0.3) is 0 Å². The van der Waals surface area contributed by atoms with Crippen LogP contribution in [-0.4, -0.2) is 39.3 Å². The second-order valence-electron chi connectivity index (χ2n) is 6.00. The van der Waals surface area contributed by atoms with Crippen LogP contribution in [0.4, 0.5) is 4.39 Å². The van der Waals surface area contributed by atoms with Gasteiger partial charge in [-0.3, -0.25) is 4.79 Å². The molecule has 140 valence electrons. The van der Waals surface area contributed by atoms with Crippen LogP contribution >= 0.6 is 0 Å². The minimum absolute atomic E-state index is 0.0888. The molecule has 2 N–H and O–H groups in total. The number of benzene rings is 2. The average molecular weight is 361 g/mol. The fourth-order valence-electron chi connectivity index (χ4n) is 2.52. The van der Waals surface area contributed by atoms with Crippen molar-refractivity contribution in [1.29, 1.82) is 0 Å². The highest BCUT2D eigenvalue weighted by atomic mass is 19.1. The predicted octanol–water partition coefficient (Wildman–Crippen LogP) is 1.43. The van der Waals surface area contributed by atoms with Crippen molar-refractivity contribution in [3.63, 3.8) is 0 Å². The lowest BCUT2D eigenvalue weighted by Crippen LogP contribution is -3.09. The third-order valence-electron chi connectivity index (χ3n) is 3.74. The van der Waals surface area contributed by atoms with Crippen LogP contribution in [0.5, 0.6) is 11.5 Å². The van der Waals surface area contributed by atoms with E-state index in [0.29, 0.717) is 31.9 Å². The molecule has 5 nitrogen and oxygen atoms in total. The number of ether oxygens (including phenoxy) is 2. The maximum Gasteiger partial charge on any atom is 0.275 e. The second-order valence-corrected chi connectivity index (χ2v) is 6.00. The number of rotatable bonds is 10. The lowest BCUT2D eigenvalue weighted by molar-refractivity contribution is -0.885. The lowest BCUT2D eigenvalue weighted by Gasteiger charge is -2.14. The van der Waals surface area contributed by atoms with E-state index in [1.165, 1.54) is 6.07 Å². The molecular weight excluding hydrogens is 335 g/mol. The maximum atomic E-state index is 13.6. The molecule has 2 aromatic carbocycles. The minimum Gasteiger partial charge on any atom is -0.494 e. The number of hydrogen-bond donors (Lipinski definition) is 2. The molecule has 0 radical (unpaired) electrons. The summed E-state index contributed by atoms with van der Waals surface area (Å²) in [7, 11) is 1.86. The summed E-state index contributed by atoms with van der Waals surface area (Å²) >= 11 is 0. The Morgan fingerprint density at radius 2 is 1.73 bits per heavy atom. The van der Waals surface area contributed by atoms with E-state index < -0.39 is 0 Å². The van der Waals surface area contributed by atoms with Crippen LogP contribution in [0, 0.1) is 5.82 Å². The third kappa shape index (κ3) is 6.72. The first-order valence-corrected chi connectivity index (χ1v) is 8.75. The molecule has 2 rings (SSSR count). The standard InChI is InChI=1S/C20H25FN2O3/c1-3-25-17-8-10-18(11-9-17)26-13-12-22-20(24)15-23(2)14-16-6-4-5-7-19(16)21/h4-11H,3,12-15H2,1-2H3,(H,22,24)/p+1. The Morgan fingerprint density at radius 1 is 1.08 bits per heavy atom. The van der Waals surface area contributed by atoms with Gasteiger partial charge in [0.1, 0.15) is 30.5 Å². The summed E-state index contributed by atoms with van der Waals surface area (Å²) < 4.78 is 24.6. The van der Waals surface area contributed by atoms with Crippen molar-refractivity contribution in [2.75, 3.05) is 33.4 Å². The molecule has 0 aliphatic carbocycles. The van der Waals surface area contributed by atoms with E-state index >= 15 is 0 Å². The number of nitrogens with one attached hydrogen (secondary N) is 2. The Labute approximate surface area is 153 Å².